The highest BCUT2D eigenvalue weighted by molar-refractivity contribution is 14.1. The Morgan fingerprint density at radius 1 is 0.695 bits per heavy atom. The molecule has 1 saturated carbocycles. The molecule has 3 fully saturated rings. The fourth-order valence-corrected chi connectivity index (χ4v) is 16.3. The lowest BCUT2D eigenvalue weighted by Gasteiger charge is -2.42. The lowest BCUT2D eigenvalue weighted by Crippen LogP contribution is -2.61. The monoisotopic (exact) mass is 1770 g/mol. The minimum Gasteiger partial charge on any atom is -0.460 e. The molecule has 1 aliphatic carbocycles. The van der Waals surface area contributed by atoms with E-state index in [0.717, 1.165) is 77.4 Å². The number of carbonyl (C=O) groups excluding carboxylic acids is 6. The average Bonchev–Trinajstić information content (AvgIpc) is 1.70. The van der Waals surface area contributed by atoms with Crippen molar-refractivity contribution in [3.05, 3.63) is 69.5 Å². The number of hydrogen-bond donors (Lipinski definition) is 3. The van der Waals surface area contributed by atoms with Gasteiger partial charge in [-0.1, -0.05) is 82.7 Å². The van der Waals surface area contributed by atoms with Gasteiger partial charge in [-0.25, -0.2) is 24.1 Å². The third kappa shape index (κ3) is 33.5. The summed E-state index contributed by atoms with van der Waals surface area (Å²) in [6.45, 7) is 21.6. The number of halogens is 1. The van der Waals surface area contributed by atoms with Crippen LogP contribution in [-0.4, -0.2) is 280 Å². The predicted octanol–water partition coefficient (Wildman–Crippen LogP) is 9.50. The molecule has 32 heteroatoms. The fraction of sp³-hybridized carbons (Fsp3) is 0.756. The number of esters is 1. The van der Waals surface area contributed by atoms with Gasteiger partial charge in [-0.15, -0.1) is 5.10 Å². The third-order valence-electron chi connectivity index (χ3n) is 22.6. The number of ether oxygens (including phenoxy) is 14. The number of nitrogen functional groups attached to an aromatic ring is 1. The number of methoxy groups -OCH3 is 3. The Hall–Kier alpha value is -5.80. The number of amides is 1. The van der Waals surface area contributed by atoms with Crippen LogP contribution in [0.15, 0.2) is 60.1 Å². The highest BCUT2D eigenvalue weighted by Crippen LogP contribution is 2.39. The van der Waals surface area contributed by atoms with Crippen molar-refractivity contribution in [2.45, 2.75) is 245 Å². The molecule has 2 bridgehead atoms. The first-order valence-electron chi connectivity index (χ1n) is 42.7. The average molecular weight is 1770 g/mol. The van der Waals surface area contributed by atoms with Crippen molar-refractivity contribution in [2.75, 3.05) is 146 Å². The number of aromatic nitrogens is 7. The summed E-state index contributed by atoms with van der Waals surface area (Å²) in [4.78, 5) is 94.1. The van der Waals surface area contributed by atoms with Gasteiger partial charge in [0.25, 0.3) is 11.7 Å². The first-order chi connectivity index (χ1) is 57.0. The normalized spacial score (nSPS) is 27.7. The van der Waals surface area contributed by atoms with Crippen molar-refractivity contribution in [1.29, 1.82) is 0 Å². The number of hydrogen-bond acceptors (Lipinski definition) is 28. The van der Waals surface area contributed by atoms with Crippen LogP contribution < -0.4 is 5.73 Å². The number of aryl methyl sites for hydroxylation is 2. The zero-order valence-electron chi connectivity index (χ0n) is 71.6. The van der Waals surface area contributed by atoms with Crippen molar-refractivity contribution in [3.63, 3.8) is 0 Å². The third-order valence-corrected chi connectivity index (χ3v) is 23.4. The van der Waals surface area contributed by atoms with Crippen molar-refractivity contribution < 1.29 is 105 Å². The molecule has 31 nitrogen and oxygen atoms in total. The van der Waals surface area contributed by atoms with Crippen LogP contribution in [0.3, 0.4) is 0 Å². The van der Waals surface area contributed by atoms with E-state index < -0.39 is 77.8 Å². The molecule has 4 N–H and O–H groups in total. The number of piperidine rings is 1. The SMILES string of the molecule is CO[C@H]1C[C@@H]2CC[C@@H](C)[C@@](O)(O2)C(=O)C(=O)N2CCCC[C@H]2C(=O)OC([C@H](C)C[C@@H]2CC[C@@H](OCCCCc3cn(CCOCCOCCOCCOCCOCCOCCOCCOCCC(=O)CCCCCn4nc(I)c5c(N)ncnc54)nn3)[C@H](OC)C2)CC(=O)[C@H](C)/C=C(\C)[C@@H](O)[C@@H](OC)C(=O)[C@H](C)C[C@H](C)/C=C/C=C/C=C/1C. The van der Waals surface area contributed by atoms with Crippen LogP contribution in [0, 0.1) is 39.2 Å². The molecule has 4 aliphatic rings. The quantitative estimate of drug-likeness (QED) is 0.0156. The zero-order chi connectivity index (χ0) is 85.2. The van der Waals surface area contributed by atoms with Gasteiger partial charge < -0.3 is 87.2 Å². The highest BCUT2D eigenvalue weighted by atomic mass is 127. The molecular weight excluding hydrogens is 1640 g/mol. The number of unbranched alkanes of at least 4 members (excludes halogenated alkanes) is 3. The number of aliphatic hydroxyl groups excluding tert-OH is 1. The van der Waals surface area contributed by atoms with E-state index >= 15 is 0 Å². The van der Waals surface area contributed by atoms with E-state index in [0.29, 0.717) is 201 Å². The summed E-state index contributed by atoms with van der Waals surface area (Å²) in [5.74, 6) is -7.53. The zero-order valence-corrected chi connectivity index (χ0v) is 73.7. The van der Waals surface area contributed by atoms with Gasteiger partial charge in [-0.3, -0.25) is 24.0 Å². The Labute approximate surface area is 711 Å². The van der Waals surface area contributed by atoms with Gasteiger partial charge in [0, 0.05) is 90.7 Å². The molecule has 3 aromatic rings. The lowest BCUT2D eigenvalue weighted by molar-refractivity contribution is -0.265. The van der Waals surface area contributed by atoms with Gasteiger partial charge in [0.05, 0.1) is 148 Å². The molecule has 118 heavy (non-hydrogen) atoms. The molecule has 15 atom stereocenters. The summed E-state index contributed by atoms with van der Waals surface area (Å²) < 4.78 is 86.1. The van der Waals surface area contributed by atoms with Crippen LogP contribution >= 0.6 is 22.6 Å². The second-order valence-corrected chi connectivity index (χ2v) is 32.9. The van der Waals surface area contributed by atoms with Gasteiger partial charge in [0.15, 0.2) is 11.4 Å². The summed E-state index contributed by atoms with van der Waals surface area (Å²) >= 11 is 2.14. The maximum atomic E-state index is 14.8. The predicted molar refractivity (Wildman–Crippen MR) is 449 cm³/mol. The Morgan fingerprint density at radius 2 is 1.36 bits per heavy atom. The lowest BCUT2D eigenvalue weighted by atomic mass is 9.78. The summed E-state index contributed by atoms with van der Waals surface area (Å²) in [5, 5.41) is 37.8. The molecule has 7 rings (SSSR count). The van der Waals surface area contributed by atoms with Crippen molar-refractivity contribution >= 4 is 74.5 Å². The van der Waals surface area contributed by atoms with Crippen LogP contribution in [0.2, 0.25) is 0 Å². The summed E-state index contributed by atoms with van der Waals surface area (Å²) in [6.07, 6.45) is 21.2. The molecule has 0 aromatic carbocycles. The van der Waals surface area contributed by atoms with Crippen LogP contribution in [0.1, 0.15) is 176 Å². The number of ketones is 4. The van der Waals surface area contributed by atoms with Crippen LogP contribution in [0.4, 0.5) is 5.82 Å². The van der Waals surface area contributed by atoms with Gasteiger partial charge in [0.2, 0.25) is 5.79 Å². The molecule has 0 radical (unpaired) electrons. The number of allylic oxidation sites excluding steroid dienone is 6. The van der Waals surface area contributed by atoms with Crippen LogP contribution in [0.25, 0.3) is 11.0 Å². The Bertz CT molecular complexity index is 3610. The van der Waals surface area contributed by atoms with Gasteiger partial charge >= 0.3 is 5.97 Å². The maximum Gasteiger partial charge on any atom is 0.329 e. The van der Waals surface area contributed by atoms with E-state index in [1.807, 2.05) is 69.0 Å². The van der Waals surface area contributed by atoms with E-state index in [1.165, 1.54) is 18.3 Å². The number of rotatable bonds is 45. The van der Waals surface area contributed by atoms with E-state index in [-0.39, 0.29) is 66.7 Å². The van der Waals surface area contributed by atoms with Crippen LogP contribution in [-0.2, 0) is 115 Å². The van der Waals surface area contributed by atoms with Crippen molar-refractivity contribution in [2.24, 2.45) is 35.5 Å². The summed E-state index contributed by atoms with van der Waals surface area (Å²) in [6, 6.07) is -1.17. The van der Waals surface area contributed by atoms with Gasteiger partial charge in [-0.05, 0) is 162 Å². The minimum absolute atomic E-state index is 0.00263. The smallest absolute Gasteiger partial charge is 0.329 e. The first kappa shape index (κ1) is 99.3. The molecule has 2 saturated heterocycles. The number of Topliss-reactive ketones (excluding diaryl/α,β-unsaturated/α-hetero) is 4. The Balaban J connectivity index is 0.734. The molecule has 3 aliphatic heterocycles. The summed E-state index contributed by atoms with van der Waals surface area (Å²) in [5.41, 5.74) is 8.85. The number of cyclic esters (lactones) is 1. The van der Waals surface area contributed by atoms with Crippen molar-refractivity contribution in [1.82, 2.24) is 39.6 Å². The van der Waals surface area contributed by atoms with E-state index in [2.05, 4.69) is 48.0 Å². The number of nitrogens with two attached hydrogens (primary N) is 1. The fourth-order valence-electron chi connectivity index (χ4n) is 15.5. The minimum atomic E-state index is -2.46. The molecule has 0 spiro atoms. The molecule has 6 heterocycles. The largest absolute Gasteiger partial charge is 0.460 e. The number of fused-ring (bicyclic) bond motifs is 4. The summed E-state index contributed by atoms with van der Waals surface area (Å²) in [7, 11) is 4.65. The topological polar surface area (TPSA) is 376 Å². The second-order valence-electron chi connectivity index (χ2n) is 31.8. The highest BCUT2D eigenvalue weighted by Gasteiger charge is 2.53. The Kier molecular flexibility index (Phi) is 46.0. The number of nitrogens with zero attached hydrogens (tertiary/aromatic N) is 8. The molecular formula is C86H136IN9O22. The Morgan fingerprint density at radius 3 is 2.01 bits per heavy atom. The van der Waals surface area contributed by atoms with E-state index in [1.54, 1.807) is 45.7 Å². The van der Waals surface area contributed by atoms with E-state index in [9.17, 15) is 39.0 Å². The second kappa shape index (κ2) is 54.6. The number of anilines is 1. The molecule has 1 amide bonds. The van der Waals surface area contributed by atoms with Gasteiger partial charge in [0.1, 0.15) is 51.8 Å². The number of aliphatic hydroxyl groups is 2. The number of carbonyl (C=O) groups is 6. The first-order valence-corrected chi connectivity index (χ1v) is 43.8. The maximum absolute atomic E-state index is 14.8. The molecule has 1 unspecified atom stereocenters. The molecule has 664 valence electrons. The standard InChI is InChI=1S/C86H136IN9O22/c1-59-21-13-11-14-22-60(2)73(105-8)55-69-28-26-65(7)86(104,118-69)80(101)84(102)95-31-19-16-25-70(95)85(103)117-74(56-71(98)61(3)52-64(6)78(100)79(107-10)77(99)63(5)51-59)62(4)53-66-27-29-72(75(54-66)106-9)116-34-20-17-23-67-57-94(93-91-67)33-36-109-38-40-111-42-44-113-46-48-115-50-49-114-47-45-112-43-41-110-39-37-108-35-30-68(97)24-15-12-18-32-96-83-76(81(87)92-96)82(88)89-58-90-83/h11,13-14,21-22,52,57-59,61-63,65-66,69-70,72-75,78-79,100,104H,12,15-20,23-51,53-56H2,1-10H3,(H2,88,89,90)/b14-11+,21-13+,60-22+,64-52+/t59-,61-,62-,63-,65-,66+,69+,70+,72-,73+,74?,75-,78-,79+,86-/m1/s1. The van der Waals surface area contributed by atoms with Crippen molar-refractivity contribution in [3.8, 4) is 0 Å². The van der Waals surface area contributed by atoms with E-state index in [4.69, 9.17) is 72.0 Å². The van der Waals surface area contributed by atoms with Crippen LogP contribution in [0.5, 0.6) is 0 Å². The van der Waals surface area contributed by atoms with Gasteiger partial charge in [-0.2, -0.15) is 5.10 Å². The molecule has 3 aromatic heterocycles.